The molecule has 112 valence electrons. The quantitative estimate of drug-likeness (QED) is 0.876. The van der Waals surface area contributed by atoms with Crippen LogP contribution in [0.25, 0.3) is 0 Å². The Bertz CT molecular complexity index is 702. The molecule has 21 heavy (non-hydrogen) atoms. The van der Waals surface area contributed by atoms with E-state index in [9.17, 15) is 4.79 Å². The zero-order valence-corrected chi connectivity index (χ0v) is 14.2. The number of nitrogens with zero attached hydrogens (tertiary/aromatic N) is 3. The Morgan fingerprint density at radius 3 is 2.90 bits per heavy atom. The third-order valence-electron chi connectivity index (χ3n) is 2.99. The molecular weight excluding hydrogens is 356 g/mol. The summed E-state index contributed by atoms with van der Waals surface area (Å²) in [5, 5.41) is 3.74. The molecule has 2 aromatic rings. The van der Waals surface area contributed by atoms with Crippen LogP contribution in [0.3, 0.4) is 0 Å². The molecule has 0 atom stereocenters. The van der Waals surface area contributed by atoms with E-state index in [1.54, 1.807) is 17.6 Å². The summed E-state index contributed by atoms with van der Waals surface area (Å²) in [6.07, 6.45) is 2.51. The maximum Gasteiger partial charge on any atom is 0.268 e. The Morgan fingerprint density at radius 1 is 1.43 bits per heavy atom. The highest BCUT2D eigenvalue weighted by Gasteiger charge is 2.10. The van der Waals surface area contributed by atoms with Crippen LogP contribution in [0.4, 0.5) is 5.82 Å². The van der Waals surface area contributed by atoms with Crippen molar-refractivity contribution in [1.82, 2.24) is 14.5 Å². The molecule has 0 radical (unpaired) electrons. The summed E-state index contributed by atoms with van der Waals surface area (Å²) in [5.74, 6) is 1.37. The van der Waals surface area contributed by atoms with Gasteiger partial charge in [0.25, 0.3) is 5.56 Å². The predicted molar refractivity (Wildman–Crippen MR) is 88.1 cm³/mol. The summed E-state index contributed by atoms with van der Waals surface area (Å²) in [4.78, 5) is 20.8. The number of hydrogen-bond donors (Lipinski definition) is 1. The number of anilines is 1. The Labute approximate surface area is 136 Å². The molecule has 2 aromatic heterocycles. The second-order valence-corrected chi connectivity index (χ2v) is 5.86. The minimum Gasteiger partial charge on any atom is -0.370 e. The van der Waals surface area contributed by atoms with Gasteiger partial charge in [0.1, 0.15) is 16.1 Å². The van der Waals surface area contributed by atoms with Crippen LogP contribution < -0.4 is 10.9 Å². The van der Waals surface area contributed by atoms with Crippen molar-refractivity contribution in [2.45, 2.75) is 26.8 Å². The summed E-state index contributed by atoms with van der Waals surface area (Å²) in [5.41, 5.74) is 0.496. The molecule has 0 aromatic carbocycles. The first-order chi connectivity index (χ1) is 10.0. The lowest BCUT2D eigenvalue weighted by Crippen LogP contribution is -2.25. The van der Waals surface area contributed by atoms with Gasteiger partial charge in [0, 0.05) is 12.7 Å². The Morgan fingerprint density at radius 2 is 2.19 bits per heavy atom. The van der Waals surface area contributed by atoms with E-state index < -0.39 is 0 Å². The van der Waals surface area contributed by atoms with Crippen molar-refractivity contribution in [3.63, 3.8) is 0 Å². The largest absolute Gasteiger partial charge is 0.370 e. The maximum absolute atomic E-state index is 12.2. The Hall–Kier alpha value is -1.40. The summed E-state index contributed by atoms with van der Waals surface area (Å²) in [6, 6.07) is 3.62. The van der Waals surface area contributed by atoms with Crippen molar-refractivity contribution in [1.29, 1.82) is 0 Å². The molecule has 2 rings (SSSR count). The molecule has 1 N–H and O–H groups in total. The van der Waals surface area contributed by atoms with Gasteiger partial charge in [-0.05, 0) is 41.4 Å². The van der Waals surface area contributed by atoms with E-state index >= 15 is 0 Å². The number of nitrogens with one attached hydrogen (secondary N) is 1. The molecule has 5 nitrogen and oxygen atoms in total. The van der Waals surface area contributed by atoms with Crippen LogP contribution in [0.5, 0.6) is 0 Å². The fourth-order valence-corrected chi connectivity index (χ4v) is 2.32. The smallest absolute Gasteiger partial charge is 0.268 e. The van der Waals surface area contributed by atoms with E-state index in [0.29, 0.717) is 21.0 Å². The van der Waals surface area contributed by atoms with Gasteiger partial charge in [-0.1, -0.05) is 18.5 Å². The monoisotopic (exact) mass is 370 g/mol. The fourth-order valence-electron chi connectivity index (χ4n) is 1.83. The van der Waals surface area contributed by atoms with Crippen molar-refractivity contribution in [3.8, 4) is 0 Å². The molecule has 0 bridgehead atoms. The third kappa shape index (κ3) is 3.83. The fraction of sp³-hybridized carbons (Fsp3) is 0.357. The molecule has 0 aliphatic rings. The molecule has 2 heterocycles. The molecule has 0 saturated heterocycles. The summed E-state index contributed by atoms with van der Waals surface area (Å²) in [6.45, 7) is 4.99. The number of aryl methyl sites for hydroxylation is 1. The zero-order chi connectivity index (χ0) is 15.4. The van der Waals surface area contributed by atoms with E-state index in [1.807, 2.05) is 6.07 Å². The zero-order valence-electron chi connectivity index (χ0n) is 11.9. The highest BCUT2D eigenvalue weighted by atomic mass is 79.9. The van der Waals surface area contributed by atoms with Crippen LogP contribution in [0.1, 0.15) is 24.9 Å². The molecule has 7 heteroatoms. The maximum atomic E-state index is 12.2. The third-order valence-corrected chi connectivity index (χ3v) is 3.88. The predicted octanol–water partition coefficient (Wildman–Crippen LogP) is 3.23. The van der Waals surface area contributed by atoms with Crippen molar-refractivity contribution in [3.05, 3.63) is 49.7 Å². The lowest BCUT2D eigenvalue weighted by atomic mass is 10.3. The van der Waals surface area contributed by atoms with Crippen LogP contribution in [-0.2, 0) is 6.54 Å². The molecule has 0 fully saturated rings. The Balaban J connectivity index is 2.35. The molecular formula is C14H16BrClN4O. The van der Waals surface area contributed by atoms with Crippen molar-refractivity contribution < 1.29 is 0 Å². The highest BCUT2D eigenvalue weighted by molar-refractivity contribution is 9.10. The number of hydrogen-bond acceptors (Lipinski definition) is 4. The minimum absolute atomic E-state index is 0.146. The van der Waals surface area contributed by atoms with Crippen LogP contribution in [0.2, 0.25) is 5.02 Å². The van der Waals surface area contributed by atoms with E-state index in [4.69, 9.17) is 11.6 Å². The van der Waals surface area contributed by atoms with Crippen LogP contribution in [0, 0.1) is 6.92 Å². The standard InChI is InChI=1S/C14H16BrClN4O/c1-3-6-17-13-5-4-11(16)12(19-13)8-20-9(2)18-7-10(15)14(20)21/h4-5,7H,3,6,8H2,1-2H3,(H,17,19). The second-order valence-electron chi connectivity index (χ2n) is 4.60. The lowest BCUT2D eigenvalue weighted by Gasteiger charge is -2.12. The van der Waals surface area contributed by atoms with Gasteiger partial charge in [-0.2, -0.15) is 0 Å². The summed E-state index contributed by atoms with van der Waals surface area (Å²) >= 11 is 9.39. The highest BCUT2D eigenvalue weighted by Crippen LogP contribution is 2.18. The van der Waals surface area contributed by atoms with Gasteiger partial charge in [-0.3, -0.25) is 9.36 Å². The van der Waals surface area contributed by atoms with Crippen molar-refractivity contribution >= 4 is 33.3 Å². The molecule has 0 unspecified atom stereocenters. The first-order valence-corrected chi connectivity index (χ1v) is 7.81. The molecule has 0 saturated carbocycles. The van der Waals surface area contributed by atoms with Gasteiger partial charge in [0.2, 0.25) is 0 Å². The van der Waals surface area contributed by atoms with Gasteiger partial charge >= 0.3 is 0 Å². The van der Waals surface area contributed by atoms with Crippen molar-refractivity contribution in [2.24, 2.45) is 0 Å². The topological polar surface area (TPSA) is 59.8 Å². The average molecular weight is 372 g/mol. The van der Waals surface area contributed by atoms with E-state index in [-0.39, 0.29) is 12.1 Å². The number of halogens is 2. The van der Waals surface area contributed by atoms with Gasteiger partial charge in [0.15, 0.2) is 0 Å². The lowest BCUT2D eigenvalue weighted by molar-refractivity contribution is 0.682. The van der Waals surface area contributed by atoms with Gasteiger partial charge in [0.05, 0.1) is 17.3 Å². The first kappa shape index (κ1) is 16.0. The van der Waals surface area contributed by atoms with Gasteiger partial charge < -0.3 is 5.32 Å². The second kappa shape index (κ2) is 7.04. The molecule has 0 amide bonds. The van der Waals surface area contributed by atoms with Crippen LogP contribution >= 0.6 is 27.5 Å². The van der Waals surface area contributed by atoms with E-state index in [2.05, 4.69) is 38.1 Å². The van der Waals surface area contributed by atoms with Crippen LogP contribution in [0.15, 0.2) is 27.6 Å². The first-order valence-electron chi connectivity index (χ1n) is 6.64. The van der Waals surface area contributed by atoms with Gasteiger partial charge in [-0.15, -0.1) is 0 Å². The molecule has 0 spiro atoms. The minimum atomic E-state index is -0.146. The average Bonchev–Trinajstić information content (AvgIpc) is 2.48. The normalized spacial score (nSPS) is 10.7. The van der Waals surface area contributed by atoms with Crippen molar-refractivity contribution in [2.75, 3.05) is 11.9 Å². The summed E-state index contributed by atoms with van der Waals surface area (Å²) < 4.78 is 1.96. The SMILES string of the molecule is CCCNc1ccc(Cl)c(Cn2c(C)ncc(Br)c2=O)n1. The number of pyridine rings is 1. The van der Waals surface area contributed by atoms with E-state index in [0.717, 1.165) is 18.8 Å². The molecule has 0 aliphatic heterocycles. The van der Waals surface area contributed by atoms with Gasteiger partial charge in [-0.25, -0.2) is 9.97 Å². The Kier molecular flexibility index (Phi) is 5.36. The van der Waals surface area contributed by atoms with Crippen LogP contribution in [-0.4, -0.2) is 21.1 Å². The van der Waals surface area contributed by atoms with E-state index in [1.165, 1.54) is 6.20 Å². The molecule has 0 aliphatic carbocycles. The number of rotatable bonds is 5. The summed E-state index contributed by atoms with van der Waals surface area (Å²) in [7, 11) is 0. The number of aromatic nitrogens is 3.